The van der Waals surface area contributed by atoms with E-state index in [9.17, 15) is 0 Å². The summed E-state index contributed by atoms with van der Waals surface area (Å²) in [6.45, 7) is 8.65. The van der Waals surface area contributed by atoms with Gasteiger partial charge in [0.05, 0.1) is 0 Å². The molecule has 2 heteroatoms. The smallest absolute Gasteiger partial charge is 0.199 e. The van der Waals surface area contributed by atoms with Crippen molar-refractivity contribution in [3.05, 3.63) is 42.0 Å². The molecule has 0 aliphatic rings. The minimum atomic E-state index is 0.963. The lowest BCUT2D eigenvalue weighted by atomic mass is 10.1. The highest BCUT2D eigenvalue weighted by Gasteiger charge is 2.14. The highest BCUT2D eigenvalue weighted by molar-refractivity contribution is 5.62. The van der Waals surface area contributed by atoms with Crippen molar-refractivity contribution in [3.8, 4) is 11.3 Å². The van der Waals surface area contributed by atoms with E-state index in [-0.39, 0.29) is 0 Å². The highest BCUT2D eigenvalue weighted by atomic mass is 16.4. The minimum Gasteiger partial charge on any atom is -0.440 e. The van der Waals surface area contributed by atoms with E-state index >= 15 is 0 Å². The topological polar surface area (TPSA) is 16.4 Å². The fourth-order valence-electron chi connectivity index (χ4n) is 2.39. The van der Waals surface area contributed by atoms with E-state index in [1.807, 2.05) is 18.2 Å². The zero-order chi connectivity index (χ0) is 13.7. The Morgan fingerprint density at radius 2 is 1.63 bits per heavy atom. The Labute approximate surface area is 116 Å². The summed E-state index contributed by atoms with van der Waals surface area (Å²) in [4.78, 5) is 2.35. The number of hydrogen-bond acceptors (Lipinski definition) is 2. The van der Waals surface area contributed by atoms with E-state index in [0.717, 1.165) is 43.1 Å². The van der Waals surface area contributed by atoms with Crippen molar-refractivity contribution in [1.29, 1.82) is 0 Å². The first kappa shape index (κ1) is 13.7. The Bertz CT molecular complexity index is 495. The van der Waals surface area contributed by atoms with Gasteiger partial charge < -0.3 is 9.32 Å². The van der Waals surface area contributed by atoms with Gasteiger partial charge in [-0.15, -0.1) is 0 Å². The number of nitrogens with zero attached hydrogens (tertiary/aromatic N) is 1. The van der Waals surface area contributed by atoms with Gasteiger partial charge in [-0.2, -0.15) is 0 Å². The molecule has 2 nitrogen and oxygen atoms in total. The molecule has 0 atom stereocenters. The van der Waals surface area contributed by atoms with Crippen molar-refractivity contribution >= 4 is 5.88 Å². The van der Waals surface area contributed by atoms with Gasteiger partial charge in [0.25, 0.3) is 0 Å². The van der Waals surface area contributed by atoms with Gasteiger partial charge >= 0.3 is 0 Å². The lowest BCUT2D eigenvalue weighted by molar-refractivity contribution is 0.548. The second-order valence-corrected chi connectivity index (χ2v) is 4.95. The Kier molecular flexibility index (Phi) is 4.67. The van der Waals surface area contributed by atoms with Gasteiger partial charge in [0.1, 0.15) is 5.76 Å². The molecular formula is C17H23NO. The van der Waals surface area contributed by atoms with Crippen LogP contribution >= 0.6 is 0 Å². The summed E-state index contributed by atoms with van der Waals surface area (Å²) in [6.07, 6.45) is 2.28. The maximum absolute atomic E-state index is 6.09. The number of furan rings is 1. The maximum atomic E-state index is 6.09. The van der Waals surface area contributed by atoms with Gasteiger partial charge in [0.15, 0.2) is 5.88 Å². The van der Waals surface area contributed by atoms with Crippen molar-refractivity contribution < 1.29 is 4.42 Å². The van der Waals surface area contributed by atoms with Crippen LogP contribution in [0.1, 0.15) is 32.3 Å². The largest absolute Gasteiger partial charge is 0.440 e. The fraction of sp³-hybridized carbons (Fsp3) is 0.412. The third-order valence-electron chi connectivity index (χ3n) is 3.22. The minimum absolute atomic E-state index is 0.963. The molecule has 0 amide bonds. The maximum Gasteiger partial charge on any atom is 0.199 e. The number of aryl methyl sites for hydroxylation is 1. The molecule has 0 N–H and O–H groups in total. The molecule has 0 bridgehead atoms. The summed E-state index contributed by atoms with van der Waals surface area (Å²) in [5.74, 6) is 1.99. The highest BCUT2D eigenvalue weighted by Crippen LogP contribution is 2.31. The molecule has 1 aromatic heterocycles. The zero-order valence-electron chi connectivity index (χ0n) is 12.1. The Morgan fingerprint density at radius 1 is 1.00 bits per heavy atom. The molecule has 0 spiro atoms. The number of hydrogen-bond donors (Lipinski definition) is 0. The van der Waals surface area contributed by atoms with E-state index in [1.54, 1.807) is 0 Å². The molecule has 0 unspecified atom stereocenters. The molecule has 0 saturated heterocycles. The van der Waals surface area contributed by atoms with Crippen molar-refractivity contribution in [2.24, 2.45) is 0 Å². The van der Waals surface area contributed by atoms with Crippen LogP contribution in [0.15, 0.2) is 40.8 Å². The van der Waals surface area contributed by atoms with E-state index in [0.29, 0.717) is 0 Å². The molecule has 2 rings (SSSR count). The molecule has 0 saturated carbocycles. The molecule has 102 valence electrons. The zero-order valence-corrected chi connectivity index (χ0v) is 12.1. The van der Waals surface area contributed by atoms with Crippen LogP contribution in [0, 0.1) is 6.92 Å². The second-order valence-electron chi connectivity index (χ2n) is 4.95. The Balaban J connectivity index is 2.29. The Hall–Kier alpha value is -1.70. The van der Waals surface area contributed by atoms with Gasteiger partial charge in [-0.25, -0.2) is 0 Å². The first-order chi connectivity index (χ1) is 9.26. The molecule has 0 radical (unpaired) electrons. The van der Waals surface area contributed by atoms with Crippen molar-refractivity contribution in [2.75, 3.05) is 18.0 Å². The molecule has 0 fully saturated rings. The van der Waals surface area contributed by atoms with Gasteiger partial charge in [-0.1, -0.05) is 44.2 Å². The van der Waals surface area contributed by atoms with Crippen LogP contribution in [0.5, 0.6) is 0 Å². The molecule has 0 aliphatic carbocycles. The molecular weight excluding hydrogens is 234 g/mol. The normalized spacial score (nSPS) is 10.7. The summed E-state index contributed by atoms with van der Waals surface area (Å²) < 4.78 is 6.09. The predicted molar refractivity (Wildman–Crippen MR) is 81.7 cm³/mol. The average Bonchev–Trinajstić information content (AvgIpc) is 2.82. The van der Waals surface area contributed by atoms with Crippen LogP contribution < -0.4 is 4.90 Å². The molecule has 0 aliphatic heterocycles. The van der Waals surface area contributed by atoms with Crippen LogP contribution in [0.3, 0.4) is 0 Å². The van der Waals surface area contributed by atoms with E-state index in [2.05, 4.69) is 43.9 Å². The first-order valence-corrected chi connectivity index (χ1v) is 7.17. The Morgan fingerprint density at radius 3 is 2.21 bits per heavy atom. The number of rotatable bonds is 6. The molecule has 19 heavy (non-hydrogen) atoms. The first-order valence-electron chi connectivity index (χ1n) is 7.17. The fourth-order valence-corrected chi connectivity index (χ4v) is 2.39. The summed E-state index contributed by atoms with van der Waals surface area (Å²) in [5.41, 5.74) is 2.37. The molecule has 2 aromatic rings. The second kappa shape index (κ2) is 6.46. The summed E-state index contributed by atoms with van der Waals surface area (Å²) in [7, 11) is 0. The number of anilines is 1. The van der Waals surface area contributed by atoms with E-state index in [1.165, 1.54) is 5.56 Å². The standard InChI is InChI=1S/C17H23NO/c1-4-11-18(12-5-2)17-14(3)13-16(19-17)15-9-7-6-8-10-15/h6-10,13H,4-5,11-12H2,1-3H3. The number of benzene rings is 1. The lowest BCUT2D eigenvalue weighted by Gasteiger charge is -2.21. The molecule has 1 heterocycles. The average molecular weight is 257 g/mol. The van der Waals surface area contributed by atoms with Crippen LogP contribution in [0.25, 0.3) is 11.3 Å². The van der Waals surface area contributed by atoms with E-state index < -0.39 is 0 Å². The predicted octanol–water partition coefficient (Wildman–Crippen LogP) is 4.88. The third-order valence-corrected chi connectivity index (χ3v) is 3.22. The van der Waals surface area contributed by atoms with Crippen LogP contribution in [-0.2, 0) is 0 Å². The summed E-state index contributed by atoms with van der Waals surface area (Å²) in [5, 5.41) is 0. The van der Waals surface area contributed by atoms with Gasteiger partial charge in [0.2, 0.25) is 0 Å². The monoisotopic (exact) mass is 257 g/mol. The van der Waals surface area contributed by atoms with E-state index in [4.69, 9.17) is 4.42 Å². The molecule has 1 aromatic carbocycles. The van der Waals surface area contributed by atoms with Crippen LogP contribution in [0.2, 0.25) is 0 Å². The summed E-state index contributed by atoms with van der Waals surface area (Å²) in [6, 6.07) is 12.4. The van der Waals surface area contributed by atoms with Gasteiger partial charge in [-0.3, -0.25) is 0 Å². The van der Waals surface area contributed by atoms with Crippen molar-refractivity contribution in [2.45, 2.75) is 33.6 Å². The van der Waals surface area contributed by atoms with Crippen LogP contribution in [0.4, 0.5) is 5.88 Å². The van der Waals surface area contributed by atoms with Gasteiger partial charge in [0, 0.05) is 24.2 Å². The van der Waals surface area contributed by atoms with Crippen LogP contribution in [-0.4, -0.2) is 13.1 Å². The van der Waals surface area contributed by atoms with Crippen molar-refractivity contribution in [3.63, 3.8) is 0 Å². The van der Waals surface area contributed by atoms with Gasteiger partial charge in [-0.05, 0) is 25.8 Å². The quantitative estimate of drug-likeness (QED) is 0.733. The third kappa shape index (κ3) is 3.19. The lowest BCUT2D eigenvalue weighted by Crippen LogP contribution is -2.24. The SMILES string of the molecule is CCCN(CCC)c1oc(-c2ccccc2)cc1C. The summed E-state index contributed by atoms with van der Waals surface area (Å²) >= 11 is 0. The van der Waals surface area contributed by atoms with Crippen molar-refractivity contribution in [1.82, 2.24) is 0 Å².